The van der Waals surface area contributed by atoms with Crippen LogP contribution in [0.3, 0.4) is 0 Å². The topological polar surface area (TPSA) is 505 Å². The number of fused-ring (bicyclic) bond motifs is 8. The van der Waals surface area contributed by atoms with Gasteiger partial charge in [0.15, 0.2) is 0 Å². The number of aromatic amines is 6. The Balaban J connectivity index is 0.000000171. The van der Waals surface area contributed by atoms with Crippen LogP contribution in [0.2, 0.25) is 0 Å². The Morgan fingerprint density at radius 1 is 0.425 bits per heavy atom. The number of amides is 4. The van der Waals surface area contributed by atoms with Gasteiger partial charge in [-0.15, -0.1) is 0 Å². The van der Waals surface area contributed by atoms with Gasteiger partial charge in [0.2, 0.25) is 0 Å². The van der Waals surface area contributed by atoms with Crippen molar-refractivity contribution >= 4 is 163 Å². The van der Waals surface area contributed by atoms with Crippen LogP contribution in [-0.4, -0.2) is 156 Å². The molecule has 0 unspecified atom stereocenters. The maximum Gasteiger partial charge on any atom is 0.419 e. The zero-order valence-corrected chi connectivity index (χ0v) is 81.3. The third-order valence-electron chi connectivity index (χ3n) is 22.4. The standard InChI is InChI=1S/C27H29N3O5.C23H23N5O2.C23H20N2O5.C17H13N3O.C10H20N2O2.C7H4ClNO4.3CH4/c1-26(2,3)34-24(32)28-18-11-12-21-17(13-18)15-22(30(21)25(33)35-27(4,5)6)19-14-16-9-7-8-10-20(16)29-23(19)31;24-16-7-9-28(10-8-16)23(30)25-17-5-6-20-15(11-17)13-21(26-20)18-12-14-3-1-2-4-19(14)27-22(18)29;1-23(2,3)30-22(29)25-18-9-8-14(21(27)28)10-15(18)12-19(25)16-11-13-6-4-5-7-17(13)24-20(16)26;18-12-5-6-15-11(7-12)9-16(19-15)13-8-10-3-1-2-4-14(10)20-17(13)21;1-10(2,3)14-9(13)12-8-4-6-11-7-5-8;8-7(10)13-6-3-1-5(2-4-6)9(11)12;;;/h7-15H,1-6H3,(H,28,32)(H,29,31);1-6,11-13,16,26H,7-10,24H2,(H,25,30)(H,27,29);4-12H,1-3H3,(H,24,26)(H,27,28);1-9,19H,18H2,(H,20,21);8,11H,4-7H2,1-3H3,(H,12,13);1-4H;3*1H4. The molecule has 762 valence electrons. The van der Waals surface area contributed by atoms with Gasteiger partial charge in [-0.2, -0.15) is 0 Å². The number of hydrogen-bond acceptors (Lipinski definition) is 21. The van der Waals surface area contributed by atoms with Gasteiger partial charge < -0.3 is 91.0 Å². The van der Waals surface area contributed by atoms with Crippen molar-refractivity contribution in [3.05, 3.63) is 300 Å². The van der Waals surface area contributed by atoms with E-state index < -0.39 is 57.0 Å². The lowest BCUT2D eigenvalue weighted by atomic mass is 10.1. The Morgan fingerprint density at radius 2 is 0.808 bits per heavy atom. The smallest absolute Gasteiger partial charge is 0.419 e. The van der Waals surface area contributed by atoms with Crippen LogP contribution >= 0.6 is 11.6 Å². The van der Waals surface area contributed by atoms with Crippen molar-refractivity contribution in [1.82, 2.24) is 54.6 Å². The van der Waals surface area contributed by atoms with Crippen molar-refractivity contribution < 1.29 is 67.3 Å². The molecule has 35 nitrogen and oxygen atoms in total. The summed E-state index contributed by atoms with van der Waals surface area (Å²) in [6.45, 7) is 24.8. The maximum absolute atomic E-state index is 13.3. The lowest BCUT2D eigenvalue weighted by Gasteiger charge is -2.30. The number of alkyl carbamates (subject to hydrolysis) is 1. The molecule has 0 bridgehead atoms. The van der Waals surface area contributed by atoms with E-state index in [2.05, 4.69) is 55.9 Å². The highest BCUT2D eigenvalue weighted by molar-refractivity contribution is 6.61. The first-order chi connectivity index (χ1) is 67.8. The number of ether oxygens (including phenoxy) is 5. The molecule has 15 N–H and O–H groups in total. The summed E-state index contributed by atoms with van der Waals surface area (Å²) >= 11 is 4.92. The lowest BCUT2D eigenvalue weighted by Crippen LogP contribution is -2.44. The van der Waals surface area contributed by atoms with Crippen LogP contribution in [0.1, 0.15) is 141 Å². The fourth-order valence-electron chi connectivity index (χ4n) is 16.0. The van der Waals surface area contributed by atoms with Gasteiger partial charge >= 0.3 is 41.8 Å². The molecule has 17 aromatic rings. The number of nitro groups is 1. The molecule has 19 rings (SSSR count). The van der Waals surface area contributed by atoms with Gasteiger partial charge in [-0.3, -0.25) is 34.6 Å². The van der Waals surface area contributed by atoms with E-state index in [1.165, 1.54) is 45.5 Å². The number of nitrogens with one attached hydrogen (secondary N) is 10. The summed E-state index contributed by atoms with van der Waals surface area (Å²) in [5.74, 6) is -0.905. The van der Waals surface area contributed by atoms with E-state index in [0.29, 0.717) is 85.4 Å². The number of carbonyl (C=O) groups excluding carboxylic acids is 6. The fourth-order valence-corrected chi connectivity index (χ4v) is 16.1. The third-order valence-corrected chi connectivity index (χ3v) is 22.5. The number of carbonyl (C=O) groups is 7. The number of benzene rings is 9. The van der Waals surface area contributed by atoms with Crippen molar-refractivity contribution in [2.75, 3.05) is 42.5 Å². The monoisotopic (exact) mass is 2000 g/mol. The molecule has 2 fully saturated rings. The van der Waals surface area contributed by atoms with Crippen LogP contribution in [0.25, 0.3) is 132 Å². The minimum absolute atomic E-state index is 0. The number of likely N-dealkylation sites (tertiary alicyclic amines) is 1. The molecule has 0 radical (unpaired) electrons. The minimum atomic E-state index is -1.08. The number of hydrogen-bond donors (Lipinski definition) is 13. The predicted molar refractivity (Wildman–Crippen MR) is 577 cm³/mol. The lowest BCUT2D eigenvalue weighted by molar-refractivity contribution is -0.384. The number of aromatic carboxylic acids is 1. The molecule has 0 spiro atoms. The summed E-state index contributed by atoms with van der Waals surface area (Å²) in [5.41, 5.74) is 19.2. The number of anilines is 3. The number of nitrogens with zero attached hydrogens (tertiary/aromatic N) is 4. The highest BCUT2D eigenvalue weighted by Gasteiger charge is 2.30. The van der Waals surface area contributed by atoms with Crippen LogP contribution < -0.4 is 59.7 Å². The quantitative estimate of drug-likeness (QED) is 0.0199. The Kier molecular flexibility index (Phi) is 34.8. The number of pyridine rings is 4. The van der Waals surface area contributed by atoms with Crippen molar-refractivity contribution in [1.29, 1.82) is 0 Å². The van der Waals surface area contributed by atoms with Crippen LogP contribution in [-0.2, 0) is 18.9 Å². The molecule has 2 saturated heterocycles. The molecule has 9 aromatic carbocycles. The fraction of sp³-hybridized carbons (Fsp3) is 0.264. The molecule has 4 amide bonds. The Hall–Kier alpha value is -16.9. The van der Waals surface area contributed by atoms with Crippen molar-refractivity contribution in [2.45, 2.75) is 166 Å². The SMILES string of the molecule is C.C.C.CC(C)(C)OC(=O)NC1CCNCC1.CC(C)(C)OC(=O)Nc1ccc2c(c1)cc(-c1cc3ccccc3[nH]c1=O)n2C(=O)OC(C)(C)C.CC(C)(C)OC(=O)n1c(-c2cc3ccccc3[nH]c2=O)cc2cc(C(=O)O)ccc21.NC1CCN(C(=O)Nc2ccc3[nH]c(-c4cc5ccccc5[nH]c4=O)cc3c2)CC1.Nc1ccc2[nH]c(-c3cc4ccccc4[nH]c3=O)cc2c1.O=C(Cl)Oc1ccc([N+](=O)[O-])cc1. The molecular weight excluding hydrogens is 1880 g/mol. The third kappa shape index (κ3) is 28.3. The summed E-state index contributed by atoms with van der Waals surface area (Å²) in [7, 11) is 0. The number of piperidine rings is 2. The van der Waals surface area contributed by atoms with E-state index in [1.807, 2.05) is 172 Å². The highest BCUT2D eigenvalue weighted by Crippen LogP contribution is 2.36. The zero-order valence-electron chi connectivity index (χ0n) is 80.5. The van der Waals surface area contributed by atoms with Gasteiger partial charge in [0.1, 0.15) is 28.2 Å². The number of aromatic nitrogens is 8. The molecule has 146 heavy (non-hydrogen) atoms. The molecular formula is C110H121ClN16O19. The number of nitrogen functional groups attached to an aromatic ring is 1. The molecule has 0 atom stereocenters. The first-order valence-corrected chi connectivity index (χ1v) is 46.3. The number of halogens is 1. The van der Waals surface area contributed by atoms with E-state index in [1.54, 1.807) is 122 Å². The number of H-pyrrole nitrogens is 6. The molecule has 0 aliphatic carbocycles. The van der Waals surface area contributed by atoms with Gasteiger partial charge in [0.05, 0.1) is 66.5 Å². The van der Waals surface area contributed by atoms with Gasteiger partial charge in [0, 0.05) is 121 Å². The maximum atomic E-state index is 13.3. The second-order valence-corrected chi connectivity index (χ2v) is 38.4. The first-order valence-electron chi connectivity index (χ1n) is 45.9. The Bertz CT molecular complexity index is 7960. The minimum Gasteiger partial charge on any atom is -0.478 e. The van der Waals surface area contributed by atoms with E-state index in [0.717, 1.165) is 110 Å². The molecule has 36 heteroatoms. The molecule has 2 aliphatic rings. The molecule has 0 saturated carbocycles. The van der Waals surface area contributed by atoms with Crippen molar-refractivity contribution in [3.63, 3.8) is 0 Å². The normalized spacial score (nSPS) is 12.7. The van der Waals surface area contributed by atoms with Crippen LogP contribution in [0.15, 0.2) is 262 Å². The number of nitro benzene ring substituents is 1. The largest absolute Gasteiger partial charge is 0.478 e. The van der Waals surface area contributed by atoms with Crippen molar-refractivity contribution in [2.24, 2.45) is 5.73 Å². The molecule has 2 aliphatic heterocycles. The first kappa shape index (κ1) is 109. The zero-order chi connectivity index (χ0) is 103. The summed E-state index contributed by atoms with van der Waals surface area (Å²) in [4.78, 5) is 164. The number of urea groups is 1. The molecule has 8 aromatic heterocycles. The number of carboxylic acids is 1. The average Bonchev–Trinajstić information content (AvgIpc) is 1.60. The highest BCUT2D eigenvalue weighted by atomic mass is 35.5. The van der Waals surface area contributed by atoms with Gasteiger partial charge in [0.25, 0.3) is 27.9 Å². The number of nitrogens with two attached hydrogens (primary N) is 2. The summed E-state index contributed by atoms with van der Waals surface area (Å²) in [6.07, 6.45) is 1.48. The predicted octanol–water partition coefficient (Wildman–Crippen LogP) is 23.3. The van der Waals surface area contributed by atoms with Gasteiger partial charge in [-0.05, 0) is 301 Å². The van der Waals surface area contributed by atoms with E-state index in [4.69, 9.17) is 42.0 Å². The van der Waals surface area contributed by atoms with Gasteiger partial charge in [-0.1, -0.05) is 95.1 Å². The van der Waals surface area contributed by atoms with Crippen LogP contribution in [0.5, 0.6) is 5.75 Å². The Morgan fingerprint density at radius 3 is 1.25 bits per heavy atom. The number of non-ortho nitro benzene ring substituents is 1. The number of carboxylic acid groups (broad SMARTS) is 1. The van der Waals surface area contributed by atoms with Crippen LogP contribution in [0, 0.1) is 10.1 Å². The van der Waals surface area contributed by atoms with Crippen LogP contribution in [0.4, 0.5) is 51.5 Å². The second kappa shape index (κ2) is 46.4. The molecule has 10 heterocycles. The summed E-state index contributed by atoms with van der Waals surface area (Å²) < 4.78 is 28.9. The van der Waals surface area contributed by atoms with E-state index in [9.17, 15) is 68.0 Å². The van der Waals surface area contributed by atoms with Gasteiger partial charge in [-0.25, -0.2) is 42.7 Å². The average molecular weight is 2010 g/mol. The number of para-hydroxylation sites is 4. The van der Waals surface area contributed by atoms with Crippen molar-refractivity contribution in [3.8, 4) is 50.8 Å². The second-order valence-electron chi connectivity index (χ2n) is 38.1. The van der Waals surface area contributed by atoms with E-state index in [-0.39, 0.29) is 91.3 Å². The summed E-state index contributed by atoms with van der Waals surface area (Å²) in [6, 6.07) is 70.9. The summed E-state index contributed by atoms with van der Waals surface area (Å²) in [5, 5.41) is 38.0. The van der Waals surface area contributed by atoms with E-state index >= 15 is 0 Å². The number of rotatable bonds is 10. The Labute approximate surface area is 844 Å².